The standard InChI is InChI=1S/C12H9Cl7/c13-5-2-3-1-4(5)7-6(3)10(16)8(14)9(15)11(7,17)12(10,18)19/h3-7H,1-2H2. The van der Waals surface area contributed by atoms with Crippen molar-refractivity contribution in [3.63, 3.8) is 0 Å². The second kappa shape index (κ2) is 3.81. The van der Waals surface area contributed by atoms with Crippen molar-refractivity contribution in [1.29, 1.82) is 0 Å². The van der Waals surface area contributed by atoms with Crippen LogP contribution in [0, 0.1) is 23.7 Å². The molecule has 0 aromatic rings. The molecule has 0 aromatic heterocycles. The summed E-state index contributed by atoms with van der Waals surface area (Å²) in [6.45, 7) is 0. The number of allylic oxidation sites excluding steroid dienone is 2. The molecule has 0 spiro atoms. The van der Waals surface area contributed by atoms with Gasteiger partial charge in [0.25, 0.3) is 0 Å². The molecule has 0 aromatic carbocycles. The second-order valence-corrected chi connectivity index (χ2v) is 9.93. The first kappa shape index (κ1) is 14.4. The molecule has 0 saturated heterocycles. The summed E-state index contributed by atoms with van der Waals surface area (Å²) in [4.78, 5) is -2.20. The van der Waals surface area contributed by atoms with E-state index in [0.29, 0.717) is 16.0 Å². The average Bonchev–Trinajstić information content (AvgIpc) is 2.95. The summed E-state index contributed by atoms with van der Waals surface area (Å²) in [6, 6.07) is 0. The van der Waals surface area contributed by atoms with Crippen LogP contribution in [0.3, 0.4) is 0 Å². The lowest BCUT2D eigenvalue weighted by Gasteiger charge is -2.41. The van der Waals surface area contributed by atoms with E-state index in [0.717, 1.165) is 12.8 Å². The summed E-state index contributed by atoms with van der Waals surface area (Å²) in [6.07, 6.45) is 1.92. The Balaban J connectivity index is 1.99. The van der Waals surface area contributed by atoms with E-state index in [2.05, 4.69) is 0 Å². The molecule has 7 heteroatoms. The van der Waals surface area contributed by atoms with Gasteiger partial charge in [-0.25, -0.2) is 0 Å². The first-order valence-corrected chi connectivity index (χ1v) is 8.85. The van der Waals surface area contributed by atoms with Crippen LogP contribution in [-0.4, -0.2) is 19.5 Å². The van der Waals surface area contributed by atoms with Crippen LogP contribution in [-0.2, 0) is 0 Å². The largest absolute Gasteiger partial charge is 0.166 e. The van der Waals surface area contributed by atoms with Crippen molar-refractivity contribution in [2.45, 2.75) is 32.3 Å². The fourth-order valence-electron chi connectivity index (χ4n) is 4.97. The zero-order valence-corrected chi connectivity index (χ0v) is 14.7. The minimum absolute atomic E-state index is 0.00193. The van der Waals surface area contributed by atoms with Crippen LogP contribution >= 0.6 is 81.2 Å². The predicted octanol–water partition coefficient (Wildman–Crippen LogP) is 5.71. The molecule has 3 saturated carbocycles. The number of fused-ring (bicyclic) bond motifs is 9. The lowest BCUT2D eigenvalue weighted by molar-refractivity contribution is 0.222. The fraction of sp³-hybridized carbons (Fsp3) is 0.833. The summed E-state index contributed by atoms with van der Waals surface area (Å²) < 4.78 is -1.40. The topological polar surface area (TPSA) is 0 Å². The lowest BCUT2D eigenvalue weighted by atomic mass is 9.72. The average molecular weight is 401 g/mol. The summed E-state index contributed by atoms with van der Waals surface area (Å²) in [5, 5.41) is 0.707. The molecule has 4 bridgehead atoms. The molecule has 0 nitrogen and oxygen atoms in total. The Morgan fingerprint density at radius 3 is 1.95 bits per heavy atom. The van der Waals surface area contributed by atoms with Crippen molar-refractivity contribution in [2.75, 3.05) is 0 Å². The third kappa shape index (κ3) is 1.21. The van der Waals surface area contributed by atoms with E-state index < -0.39 is 14.1 Å². The van der Waals surface area contributed by atoms with E-state index in [9.17, 15) is 0 Å². The highest BCUT2D eigenvalue weighted by Crippen LogP contribution is 2.82. The zero-order valence-electron chi connectivity index (χ0n) is 9.45. The number of rotatable bonds is 0. The molecular formula is C12H9Cl7. The van der Waals surface area contributed by atoms with E-state index >= 15 is 0 Å². The van der Waals surface area contributed by atoms with Crippen molar-refractivity contribution in [1.82, 2.24) is 0 Å². The van der Waals surface area contributed by atoms with Gasteiger partial charge in [0.15, 0.2) is 4.33 Å². The lowest BCUT2D eigenvalue weighted by Crippen LogP contribution is -2.46. The molecule has 4 aliphatic rings. The van der Waals surface area contributed by atoms with Crippen LogP contribution in [0.4, 0.5) is 0 Å². The quantitative estimate of drug-likeness (QED) is 0.360. The summed E-state index contributed by atoms with van der Waals surface area (Å²) in [5.74, 6) is 0.672. The number of hydrogen-bond donors (Lipinski definition) is 0. The predicted molar refractivity (Wildman–Crippen MR) is 83.2 cm³/mol. The van der Waals surface area contributed by atoms with E-state index in [-0.39, 0.29) is 23.1 Å². The first-order valence-electron chi connectivity index (χ1n) is 6.15. The fourth-order valence-corrected chi connectivity index (χ4v) is 8.61. The third-order valence-electron chi connectivity index (χ3n) is 5.59. The molecule has 7 atom stereocenters. The van der Waals surface area contributed by atoms with Gasteiger partial charge >= 0.3 is 0 Å². The van der Waals surface area contributed by atoms with Crippen LogP contribution in [0.25, 0.3) is 0 Å². The van der Waals surface area contributed by atoms with Crippen LogP contribution in [0.15, 0.2) is 10.1 Å². The van der Waals surface area contributed by atoms with E-state index in [1.165, 1.54) is 0 Å². The Labute approximate surface area is 146 Å². The Hall–Kier alpha value is 1.77. The maximum absolute atomic E-state index is 6.80. The Morgan fingerprint density at radius 2 is 1.37 bits per heavy atom. The van der Waals surface area contributed by atoms with Gasteiger partial charge in [0.1, 0.15) is 9.75 Å². The zero-order chi connectivity index (χ0) is 14.0. The van der Waals surface area contributed by atoms with Gasteiger partial charge in [-0.2, -0.15) is 0 Å². The Morgan fingerprint density at radius 1 is 0.842 bits per heavy atom. The number of hydrogen-bond acceptors (Lipinski definition) is 0. The monoisotopic (exact) mass is 398 g/mol. The minimum atomic E-state index is -1.40. The second-order valence-electron chi connectivity index (χ2n) is 6.09. The molecule has 0 N–H and O–H groups in total. The van der Waals surface area contributed by atoms with Crippen molar-refractivity contribution >= 4 is 81.2 Å². The van der Waals surface area contributed by atoms with Crippen molar-refractivity contribution in [3.8, 4) is 0 Å². The first-order chi connectivity index (χ1) is 8.69. The van der Waals surface area contributed by atoms with Gasteiger partial charge in [-0.05, 0) is 36.5 Å². The van der Waals surface area contributed by atoms with Crippen LogP contribution in [0.2, 0.25) is 0 Å². The molecule has 4 rings (SSSR count). The van der Waals surface area contributed by atoms with Gasteiger partial charge in [-0.1, -0.05) is 46.4 Å². The maximum Gasteiger partial charge on any atom is 0.166 e. The summed E-state index contributed by atoms with van der Waals surface area (Å²) >= 11 is 45.8. The van der Waals surface area contributed by atoms with Gasteiger partial charge in [-0.3, -0.25) is 0 Å². The third-order valence-corrected chi connectivity index (χ3v) is 10.4. The molecule has 0 radical (unpaired) electrons. The van der Waals surface area contributed by atoms with Gasteiger partial charge < -0.3 is 0 Å². The maximum atomic E-state index is 6.80. The highest BCUT2D eigenvalue weighted by Gasteiger charge is 2.86. The van der Waals surface area contributed by atoms with Crippen molar-refractivity contribution < 1.29 is 0 Å². The molecule has 0 amide bonds. The SMILES string of the molecule is ClC1=C(Cl)C2(Cl)C3C4CC(CC4Cl)C3C1(Cl)C2(Cl)Cl. The molecular weight excluding hydrogens is 392 g/mol. The molecule has 7 unspecified atom stereocenters. The van der Waals surface area contributed by atoms with Crippen LogP contribution in [0.5, 0.6) is 0 Å². The minimum Gasteiger partial charge on any atom is -0.123 e. The van der Waals surface area contributed by atoms with Gasteiger partial charge in [0, 0.05) is 5.38 Å². The van der Waals surface area contributed by atoms with Crippen molar-refractivity contribution in [3.05, 3.63) is 10.1 Å². The Bertz CT molecular complexity index is 514. The van der Waals surface area contributed by atoms with Crippen molar-refractivity contribution in [2.24, 2.45) is 23.7 Å². The van der Waals surface area contributed by atoms with Gasteiger partial charge in [0.05, 0.1) is 10.1 Å². The number of alkyl halides is 5. The molecule has 106 valence electrons. The molecule has 4 aliphatic carbocycles. The summed E-state index contributed by atoms with van der Waals surface area (Å²) in [5.41, 5.74) is 0. The molecule has 0 aliphatic heterocycles. The molecule has 3 fully saturated rings. The highest BCUT2D eigenvalue weighted by atomic mass is 35.5. The number of halogens is 7. The smallest absolute Gasteiger partial charge is 0.123 e. The normalized spacial score (nSPS) is 61.1. The van der Waals surface area contributed by atoms with Crippen LogP contribution < -0.4 is 0 Å². The molecule has 0 heterocycles. The van der Waals surface area contributed by atoms with Gasteiger partial charge in [-0.15, -0.1) is 34.8 Å². The summed E-state index contributed by atoms with van der Waals surface area (Å²) in [7, 11) is 0. The van der Waals surface area contributed by atoms with Crippen LogP contribution in [0.1, 0.15) is 12.8 Å². The molecule has 19 heavy (non-hydrogen) atoms. The van der Waals surface area contributed by atoms with E-state index in [1.54, 1.807) is 0 Å². The van der Waals surface area contributed by atoms with Gasteiger partial charge in [0.2, 0.25) is 0 Å². The Kier molecular flexibility index (Phi) is 2.88. The van der Waals surface area contributed by atoms with E-state index in [4.69, 9.17) is 81.2 Å². The highest BCUT2D eigenvalue weighted by molar-refractivity contribution is 6.65. The van der Waals surface area contributed by atoms with E-state index in [1.807, 2.05) is 0 Å².